The first-order valence-corrected chi connectivity index (χ1v) is 8.51. The molecule has 3 aromatic rings. The molecule has 3 N–H and O–H groups in total. The van der Waals surface area contributed by atoms with Crippen LogP contribution in [0.4, 0.5) is 0 Å². The number of aromatic nitrogens is 3. The molecule has 1 fully saturated rings. The standard InChI is InChI=1S/C19H23N5.ClH/c1-13-17-7-14(9-21-19(17)23-22-13)10-24-11-16(8-20)18(12-24)15-5-3-2-4-6-15;/h2-7,9,16,18H,8,10-12,20H2,1H3,(H,21,22,23);1H/t16-,18+;/m1./s1. The number of H-pyrrole nitrogens is 1. The van der Waals surface area contributed by atoms with Gasteiger partial charge in [-0.3, -0.25) is 10.00 Å². The second kappa shape index (κ2) is 7.52. The highest BCUT2D eigenvalue weighted by atomic mass is 35.5. The van der Waals surface area contributed by atoms with Crippen molar-refractivity contribution >= 4 is 23.4 Å². The third-order valence-electron chi connectivity index (χ3n) is 5.11. The topological polar surface area (TPSA) is 70.8 Å². The Labute approximate surface area is 154 Å². The molecule has 1 aromatic carbocycles. The van der Waals surface area contributed by atoms with Crippen molar-refractivity contribution in [3.8, 4) is 0 Å². The maximum Gasteiger partial charge on any atom is 0.181 e. The summed E-state index contributed by atoms with van der Waals surface area (Å²) in [6, 6.07) is 12.9. The van der Waals surface area contributed by atoms with Gasteiger partial charge in [-0.15, -0.1) is 12.4 Å². The van der Waals surface area contributed by atoms with Gasteiger partial charge in [0.2, 0.25) is 0 Å². The average molecular weight is 358 g/mol. The van der Waals surface area contributed by atoms with E-state index in [0.717, 1.165) is 42.9 Å². The van der Waals surface area contributed by atoms with Crippen molar-refractivity contribution in [2.45, 2.75) is 19.4 Å². The van der Waals surface area contributed by atoms with Gasteiger partial charge in [0.05, 0.1) is 0 Å². The first-order chi connectivity index (χ1) is 11.7. The third-order valence-corrected chi connectivity index (χ3v) is 5.11. The number of halogens is 1. The van der Waals surface area contributed by atoms with Crippen LogP contribution in [0.25, 0.3) is 11.0 Å². The van der Waals surface area contributed by atoms with Crippen LogP contribution >= 0.6 is 12.4 Å². The van der Waals surface area contributed by atoms with Gasteiger partial charge in [-0.05, 0) is 36.6 Å². The number of hydrogen-bond acceptors (Lipinski definition) is 4. The quantitative estimate of drug-likeness (QED) is 0.753. The van der Waals surface area contributed by atoms with E-state index in [1.165, 1.54) is 11.1 Å². The molecule has 0 unspecified atom stereocenters. The molecule has 3 heterocycles. The highest BCUT2D eigenvalue weighted by Gasteiger charge is 2.32. The molecule has 0 saturated carbocycles. The van der Waals surface area contributed by atoms with Crippen molar-refractivity contribution in [2.24, 2.45) is 11.7 Å². The van der Waals surface area contributed by atoms with Crippen LogP contribution in [0.5, 0.6) is 0 Å². The molecule has 2 aromatic heterocycles. The Morgan fingerprint density at radius 3 is 2.80 bits per heavy atom. The lowest BCUT2D eigenvalue weighted by atomic mass is 9.89. The Bertz CT molecular complexity index is 832. The molecule has 4 rings (SSSR count). The summed E-state index contributed by atoms with van der Waals surface area (Å²) in [5.74, 6) is 1.03. The van der Waals surface area contributed by atoms with Crippen molar-refractivity contribution in [3.05, 3.63) is 59.4 Å². The summed E-state index contributed by atoms with van der Waals surface area (Å²) in [6.45, 7) is 5.76. The van der Waals surface area contributed by atoms with Crippen molar-refractivity contribution in [1.82, 2.24) is 20.1 Å². The van der Waals surface area contributed by atoms with Crippen LogP contribution in [0.2, 0.25) is 0 Å². The molecule has 0 spiro atoms. The minimum atomic E-state index is 0. The Hall–Kier alpha value is -1.95. The van der Waals surface area contributed by atoms with E-state index in [2.05, 4.69) is 56.5 Å². The van der Waals surface area contributed by atoms with Crippen LogP contribution in [-0.4, -0.2) is 39.7 Å². The Kier molecular flexibility index (Phi) is 5.37. The number of aryl methyl sites for hydroxylation is 1. The summed E-state index contributed by atoms with van der Waals surface area (Å²) in [4.78, 5) is 6.96. The van der Waals surface area contributed by atoms with E-state index in [1.807, 2.05) is 13.1 Å². The number of nitrogens with one attached hydrogen (secondary N) is 1. The van der Waals surface area contributed by atoms with Crippen LogP contribution in [0.3, 0.4) is 0 Å². The largest absolute Gasteiger partial charge is 0.330 e. The Balaban J connectivity index is 0.00000182. The number of fused-ring (bicyclic) bond motifs is 1. The van der Waals surface area contributed by atoms with E-state index >= 15 is 0 Å². The number of nitrogens with two attached hydrogens (primary N) is 1. The zero-order valence-electron chi connectivity index (χ0n) is 14.4. The first-order valence-electron chi connectivity index (χ1n) is 8.51. The SMILES string of the molecule is Cc1[nH]nc2ncc(CN3C[C@@H](CN)[C@H](c4ccccc4)C3)cc12.Cl. The van der Waals surface area contributed by atoms with Crippen LogP contribution in [0.15, 0.2) is 42.6 Å². The summed E-state index contributed by atoms with van der Waals surface area (Å²) >= 11 is 0. The predicted molar refractivity (Wildman–Crippen MR) is 103 cm³/mol. The fourth-order valence-corrected chi connectivity index (χ4v) is 3.81. The molecule has 5 nitrogen and oxygen atoms in total. The van der Waals surface area contributed by atoms with Gasteiger partial charge in [-0.2, -0.15) is 5.10 Å². The highest BCUT2D eigenvalue weighted by Crippen LogP contribution is 2.32. The summed E-state index contributed by atoms with van der Waals surface area (Å²) in [5, 5.41) is 8.31. The molecule has 0 radical (unpaired) electrons. The number of rotatable bonds is 4. The smallest absolute Gasteiger partial charge is 0.181 e. The molecule has 0 aliphatic carbocycles. The molecule has 0 amide bonds. The molecular weight excluding hydrogens is 334 g/mol. The molecule has 2 atom stereocenters. The lowest BCUT2D eigenvalue weighted by molar-refractivity contribution is 0.316. The molecule has 132 valence electrons. The summed E-state index contributed by atoms with van der Waals surface area (Å²) < 4.78 is 0. The van der Waals surface area contributed by atoms with Gasteiger partial charge in [0.25, 0.3) is 0 Å². The molecule has 1 saturated heterocycles. The molecule has 25 heavy (non-hydrogen) atoms. The number of nitrogens with zero attached hydrogens (tertiary/aromatic N) is 3. The van der Waals surface area contributed by atoms with Crippen molar-refractivity contribution in [3.63, 3.8) is 0 Å². The zero-order chi connectivity index (χ0) is 16.5. The van der Waals surface area contributed by atoms with Gasteiger partial charge in [-0.25, -0.2) is 4.98 Å². The van der Waals surface area contributed by atoms with E-state index in [1.54, 1.807) is 0 Å². The molecule has 0 bridgehead atoms. The van der Waals surface area contributed by atoms with E-state index < -0.39 is 0 Å². The van der Waals surface area contributed by atoms with Crippen LogP contribution in [-0.2, 0) is 6.54 Å². The zero-order valence-corrected chi connectivity index (χ0v) is 15.2. The van der Waals surface area contributed by atoms with E-state index in [4.69, 9.17) is 5.73 Å². The number of pyridine rings is 1. The normalized spacial score (nSPS) is 20.7. The average Bonchev–Trinajstić information content (AvgIpc) is 3.20. The third kappa shape index (κ3) is 3.54. The summed E-state index contributed by atoms with van der Waals surface area (Å²) in [7, 11) is 0. The monoisotopic (exact) mass is 357 g/mol. The van der Waals surface area contributed by atoms with Crippen LogP contribution < -0.4 is 5.73 Å². The van der Waals surface area contributed by atoms with Gasteiger partial charge in [0.1, 0.15) is 0 Å². The summed E-state index contributed by atoms with van der Waals surface area (Å²) in [6.07, 6.45) is 1.94. The number of aromatic amines is 1. The predicted octanol–water partition coefficient (Wildman–Crippen LogP) is 2.86. The van der Waals surface area contributed by atoms with Gasteiger partial charge < -0.3 is 5.73 Å². The fraction of sp³-hybridized carbons (Fsp3) is 0.368. The lowest BCUT2D eigenvalue weighted by Crippen LogP contribution is -2.23. The van der Waals surface area contributed by atoms with Crippen molar-refractivity contribution < 1.29 is 0 Å². The number of hydrogen-bond donors (Lipinski definition) is 2. The van der Waals surface area contributed by atoms with Crippen LogP contribution in [0, 0.1) is 12.8 Å². The molecule has 1 aliphatic rings. The van der Waals surface area contributed by atoms with Crippen LogP contribution in [0.1, 0.15) is 22.7 Å². The van der Waals surface area contributed by atoms with Gasteiger partial charge >= 0.3 is 0 Å². The van der Waals surface area contributed by atoms with Gasteiger partial charge in [0.15, 0.2) is 5.65 Å². The molecule has 1 aliphatic heterocycles. The fourth-order valence-electron chi connectivity index (χ4n) is 3.81. The highest BCUT2D eigenvalue weighted by molar-refractivity contribution is 5.85. The van der Waals surface area contributed by atoms with E-state index in [-0.39, 0.29) is 12.4 Å². The minimum Gasteiger partial charge on any atom is -0.330 e. The molecule has 6 heteroatoms. The van der Waals surface area contributed by atoms with Gasteiger partial charge in [-0.1, -0.05) is 30.3 Å². The lowest BCUT2D eigenvalue weighted by Gasteiger charge is -2.16. The Morgan fingerprint density at radius 2 is 2.04 bits per heavy atom. The first kappa shape index (κ1) is 17.9. The second-order valence-electron chi connectivity index (χ2n) is 6.77. The number of benzene rings is 1. The Morgan fingerprint density at radius 1 is 1.24 bits per heavy atom. The maximum atomic E-state index is 6.05. The van der Waals surface area contributed by atoms with Crippen molar-refractivity contribution in [2.75, 3.05) is 19.6 Å². The van der Waals surface area contributed by atoms with E-state index in [0.29, 0.717) is 11.8 Å². The van der Waals surface area contributed by atoms with Crippen molar-refractivity contribution in [1.29, 1.82) is 0 Å². The minimum absolute atomic E-state index is 0. The summed E-state index contributed by atoms with van der Waals surface area (Å²) in [5.41, 5.74) is 10.5. The maximum absolute atomic E-state index is 6.05. The molecular formula is C19H24ClN5. The number of likely N-dealkylation sites (tertiary alicyclic amines) is 1. The van der Waals surface area contributed by atoms with E-state index in [9.17, 15) is 0 Å². The second-order valence-corrected chi connectivity index (χ2v) is 6.77. The van der Waals surface area contributed by atoms with Gasteiger partial charge in [0, 0.05) is 42.8 Å².